The lowest BCUT2D eigenvalue weighted by atomic mass is 10.2. The molecule has 1 heterocycles. The predicted octanol–water partition coefficient (Wildman–Crippen LogP) is 2.52. The maximum absolute atomic E-state index is 12.2. The fourth-order valence-corrected chi connectivity index (χ4v) is 3.26. The van der Waals surface area contributed by atoms with Crippen LogP contribution in [0, 0.1) is 20.8 Å². The Hall–Kier alpha value is -1.86. The molecule has 0 aliphatic rings. The maximum Gasteiger partial charge on any atom is 0.297 e. The molecule has 0 aliphatic heterocycles. The summed E-state index contributed by atoms with van der Waals surface area (Å²) in [5.41, 5.74) is 0.998. The first kappa shape index (κ1) is 17.5. The van der Waals surface area contributed by atoms with Crippen LogP contribution < -0.4 is 0 Å². The van der Waals surface area contributed by atoms with E-state index in [2.05, 4.69) is 15.0 Å². The molecule has 0 N–H and O–H groups in total. The van der Waals surface area contributed by atoms with E-state index in [0.717, 1.165) is 5.56 Å². The molecule has 0 spiro atoms. The van der Waals surface area contributed by atoms with Crippen LogP contribution in [0.4, 0.5) is 0 Å². The van der Waals surface area contributed by atoms with Gasteiger partial charge in [0.1, 0.15) is 17.5 Å². The number of benzene rings is 1. The zero-order valence-corrected chi connectivity index (χ0v) is 14.6. The minimum atomic E-state index is -3.75. The zero-order valence-electron chi connectivity index (χ0n) is 13.8. The van der Waals surface area contributed by atoms with Crippen LogP contribution in [-0.4, -0.2) is 29.5 Å². The Morgan fingerprint density at radius 1 is 1.00 bits per heavy atom. The Labute approximate surface area is 137 Å². The summed E-state index contributed by atoms with van der Waals surface area (Å²) in [5.74, 6) is 1.97. The third-order valence-corrected chi connectivity index (χ3v) is 4.71. The summed E-state index contributed by atoms with van der Waals surface area (Å²) in [6, 6.07) is 6.60. The monoisotopic (exact) mass is 335 g/mol. The van der Waals surface area contributed by atoms with Crippen LogP contribution >= 0.6 is 0 Å². The van der Waals surface area contributed by atoms with E-state index in [-0.39, 0.29) is 4.90 Å². The number of nitrogens with zero attached hydrogens (tertiary/aromatic N) is 3. The predicted molar refractivity (Wildman–Crippen MR) is 86.5 cm³/mol. The second-order valence-electron chi connectivity index (χ2n) is 5.56. The van der Waals surface area contributed by atoms with Gasteiger partial charge in [0.25, 0.3) is 10.1 Å². The van der Waals surface area contributed by atoms with Crippen molar-refractivity contribution in [3.63, 3.8) is 0 Å². The molecule has 2 aromatic rings. The average molecular weight is 335 g/mol. The molecule has 0 bridgehead atoms. The van der Waals surface area contributed by atoms with E-state index in [1.54, 1.807) is 45.0 Å². The molecule has 23 heavy (non-hydrogen) atoms. The van der Waals surface area contributed by atoms with Crippen molar-refractivity contribution in [2.75, 3.05) is 0 Å². The van der Waals surface area contributed by atoms with Crippen molar-refractivity contribution in [1.29, 1.82) is 0 Å². The van der Waals surface area contributed by atoms with Gasteiger partial charge in [0.2, 0.25) is 0 Å². The zero-order chi connectivity index (χ0) is 17.0. The highest BCUT2D eigenvalue weighted by Crippen LogP contribution is 2.16. The van der Waals surface area contributed by atoms with Crippen LogP contribution in [0.1, 0.15) is 36.4 Å². The fourth-order valence-electron chi connectivity index (χ4n) is 2.15. The molecule has 0 amide bonds. The van der Waals surface area contributed by atoms with Crippen LogP contribution in [0.15, 0.2) is 29.2 Å². The molecule has 0 saturated carbocycles. The molecule has 1 atom stereocenters. The lowest BCUT2D eigenvalue weighted by Gasteiger charge is -2.13. The fraction of sp³-hybridized carbons (Fsp3) is 0.438. The van der Waals surface area contributed by atoms with Crippen LogP contribution in [0.3, 0.4) is 0 Å². The Morgan fingerprint density at radius 3 is 2.13 bits per heavy atom. The number of hydrogen-bond acceptors (Lipinski definition) is 6. The lowest BCUT2D eigenvalue weighted by Crippen LogP contribution is -2.17. The highest BCUT2D eigenvalue weighted by molar-refractivity contribution is 7.86. The van der Waals surface area contributed by atoms with Crippen molar-refractivity contribution >= 4 is 10.1 Å². The number of hydrogen-bond donors (Lipinski definition) is 0. The van der Waals surface area contributed by atoms with E-state index < -0.39 is 16.2 Å². The van der Waals surface area contributed by atoms with Gasteiger partial charge in [0.05, 0.1) is 11.0 Å². The minimum absolute atomic E-state index is 0.168. The topological polar surface area (TPSA) is 82.0 Å². The second kappa shape index (κ2) is 7.14. The summed E-state index contributed by atoms with van der Waals surface area (Å²) in [6.07, 6.45) is 0.585. The number of aromatic nitrogens is 3. The van der Waals surface area contributed by atoms with Gasteiger partial charge < -0.3 is 0 Å². The molecule has 124 valence electrons. The first-order valence-corrected chi connectivity index (χ1v) is 8.85. The molecule has 7 heteroatoms. The van der Waals surface area contributed by atoms with Gasteiger partial charge in [-0.3, -0.25) is 4.18 Å². The molecule has 0 radical (unpaired) electrons. The van der Waals surface area contributed by atoms with Gasteiger partial charge in [-0.05, 0) is 46.2 Å². The average Bonchev–Trinajstić information content (AvgIpc) is 2.44. The van der Waals surface area contributed by atoms with Gasteiger partial charge in [-0.2, -0.15) is 8.42 Å². The van der Waals surface area contributed by atoms with E-state index in [0.29, 0.717) is 30.3 Å². The molecular formula is C16H21N3O3S. The quantitative estimate of drug-likeness (QED) is 0.755. The van der Waals surface area contributed by atoms with Crippen molar-refractivity contribution < 1.29 is 12.6 Å². The van der Waals surface area contributed by atoms with Crippen molar-refractivity contribution in [2.24, 2.45) is 0 Å². The van der Waals surface area contributed by atoms with E-state index in [1.807, 2.05) is 6.92 Å². The van der Waals surface area contributed by atoms with Gasteiger partial charge in [0, 0.05) is 6.42 Å². The van der Waals surface area contributed by atoms with Crippen LogP contribution in [0.2, 0.25) is 0 Å². The van der Waals surface area contributed by atoms with E-state index >= 15 is 0 Å². The second-order valence-corrected chi connectivity index (χ2v) is 7.13. The van der Waals surface area contributed by atoms with Gasteiger partial charge >= 0.3 is 0 Å². The van der Waals surface area contributed by atoms with E-state index in [4.69, 9.17) is 4.18 Å². The van der Waals surface area contributed by atoms with Crippen LogP contribution in [-0.2, 0) is 20.7 Å². The van der Waals surface area contributed by atoms with E-state index in [1.165, 1.54) is 0 Å². The molecule has 0 fully saturated rings. The molecule has 2 rings (SSSR count). The Morgan fingerprint density at radius 2 is 1.57 bits per heavy atom. The third kappa shape index (κ3) is 5.07. The molecule has 0 saturated heterocycles. The summed E-state index contributed by atoms with van der Waals surface area (Å²) in [4.78, 5) is 12.8. The number of rotatable bonds is 6. The largest absolute Gasteiger partial charge is 0.297 e. The molecular weight excluding hydrogens is 314 g/mol. The maximum atomic E-state index is 12.2. The third-order valence-electron chi connectivity index (χ3n) is 3.28. The van der Waals surface area contributed by atoms with E-state index in [9.17, 15) is 8.42 Å². The van der Waals surface area contributed by atoms with Gasteiger partial charge in [0.15, 0.2) is 0 Å². The summed E-state index contributed by atoms with van der Waals surface area (Å²) in [6.45, 7) is 7.24. The summed E-state index contributed by atoms with van der Waals surface area (Å²) in [5, 5.41) is 0. The highest BCUT2D eigenvalue weighted by Gasteiger charge is 2.19. The van der Waals surface area contributed by atoms with Gasteiger partial charge in [-0.25, -0.2) is 15.0 Å². The van der Waals surface area contributed by atoms with Crippen LogP contribution in [0.5, 0.6) is 0 Å². The Kier molecular flexibility index (Phi) is 5.43. The van der Waals surface area contributed by atoms with Crippen molar-refractivity contribution in [3.8, 4) is 0 Å². The standard InChI is InChI=1S/C16H21N3O3S/c1-11-5-8-15(9-6-11)23(20,21)22-12(2)7-10-16-18-13(3)17-14(4)19-16/h5-6,8-9,12H,7,10H2,1-4H3. The molecule has 1 unspecified atom stereocenters. The summed E-state index contributed by atoms with van der Waals surface area (Å²) in [7, 11) is -3.75. The van der Waals surface area contributed by atoms with Crippen molar-refractivity contribution in [3.05, 3.63) is 47.3 Å². The van der Waals surface area contributed by atoms with Crippen molar-refractivity contribution in [1.82, 2.24) is 15.0 Å². The van der Waals surface area contributed by atoms with Gasteiger partial charge in [-0.15, -0.1) is 0 Å². The minimum Gasteiger partial charge on any atom is -0.263 e. The lowest BCUT2D eigenvalue weighted by molar-refractivity contribution is 0.217. The first-order valence-electron chi connectivity index (χ1n) is 7.44. The highest BCUT2D eigenvalue weighted by atomic mass is 32.2. The summed E-state index contributed by atoms with van der Waals surface area (Å²) < 4.78 is 29.7. The Bertz CT molecular complexity index is 753. The van der Waals surface area contributed by atoms with Crippen molar-refractivity contribution in [2.45, 2.75) is 51.5 Å². The molecule has 0 aliphatic carbocycles. The van der Waals surface area contributed by atoms with Gasteiger partial charge in [-0.1, -0.05) is 17.7 Å². The molecule has 6 nitrogen and oxygen atoms in total. The smallest absolute Gasteiger partial charge is 0.263 e. The SMILES string of the molecule is Cc1ccc(S(=O)(=O)OC(C)CCc2nc(C)nc(C)n2)cc1. The normalized spacial score (nSPS) is 13.0. The molecule has 1 aromatic carbocycles. The van der Waals surface area contributed by atoms with Crippen LogP contribution in [0.25, 0.3) is 0 Å². The number of aryl methyl sites for hydroxylation is 4. The Balaban J connectivity index is 1.98. The first-order chi connectivity index (χ1) is 10.8. The summed E-state index contributed by atoms with van der Waals surface area (Å²) >= 11 is 0. The molecule has 1 aromatic heterocycles.